The van der Waals surface area contributed by atoms with Crippen molar-refractivity contribution in [2.75, 3.05) is 6.26 Å². The molecule has 0 amide bonds. The fraction of sp³-hybridized carbons (Fsp3) is 0.143. The van der Waals surface area contributed by atoms with E-state index in [1.165, 1.54) is 41.9 Å². The largest absolute Gasteiger partial charge is 0.471 e. The second-order valence-electron chi connectivity index (χ2n) is 4.82. The zero-order valence-electron chi connectivity index (χ0n) is 12.1. The van der Waals surface area contributed by atoms with Gasteiger partial charge < -0.3 is 4.52 Å². The molecule has 0 aliphatic rings. The molecule has 24 heavy (non-hydrogen) atoms. The number of rotatable bonds is 3. The summed E-state index contributed by atoms with van der Waals surface area (Å²) in [6, 6.07) is 7.76. The summed E-state index contributed by atoms with van der Waals surface area (Å²) in [5.74, 6) is -1.60. The number of benzene rings is 1. The zero-order valence-corrected chi connectivity index (χ0v) is 13.8. The van der Waals surface area contributed by atoms with E-state index in [1.54, 1.807) is 11.4 Å². The van der Waals surface area contributed by atoms with Gasteiger partial charge >= 0.3 is 12.1 Å². The molecule has 0 aliphatic carbocycles. The van der Waals surface area contributed by atoms with Gasteiger partial charge in [-0.2, -0.15) is 33.9 Å². The van der Waals surface area contributed by atoms with Crippen molar-refractivity contribution in [2.24, 2.45) is 4.36 Å². The lowest BCUT2D eigenvalue weighted by atomic mass is 10.2. The Morgan fingerprint density at radius 1 is 1.21 bits per heavy atom. The normalized spacial score (nSPS) is 14.3. The maximum Gasteiger partial charge on any atom is 0.471 e. The van der Waals surface area contributed by atoms with Gasteiger partial charge in [-0.25, -0.2) is 4.21 Å². The first-order valence-corrected chi connectivity index (χ1v) is 9.38. The number of nitrogens with zero attached hydrogens (tertiary/aromatic N) is 3. The van der Waals surface area contributed by atoms with E-state index in [2.05, 4.69) is 19.0 Å². The van der Waals surface area contributed by atoms with Crippen molar-refractivity contribution in [3.05, 3.63) is 47.0 Å². The Balaban J connectivity index is 1.91. The molecule has 0 spiro atoms. The molecule has 0 saturated heterocycles. The van der Waals surface area contributed by atoms with E-state index in [0.29, 0.717) is 16.1 Å². The monoisotopic (exact) mass is 373 g/mol. The molecule has 3 rings (SSSR count). The third kappa shape index (κ3) is 3.49. The molecule has 0 aliphatic heterocycles. The SMILES string of the molecule is CS(=O)(=Nc1ccsc1)c1ccc(-c2noc(C(F)(F)F)n2)cc1. The van der Waals surface area contributed by atoms with Crippen molar-refractivity contribution in [3.63, 3.8) is 0 Å². The second kappa shape index (κ2) is 6.02. The lowest BCUT2D eigenvalue weighted by molar-refractivity contribution is -0.159. The quantitative estimate of drug-likeness (QED) is 0.673. The number of hydrogen-bond donors (Lipinski definition) is 0. The molecule has 3 aromatic rings. The molecule has 0 radical (unpaired) electrons. The summed E-state index contributed by atoms with van der Waals surface area (Å²) < 4.78 is 58.5. The minimum atomic E-state index is -4.69. The second-order valence-corrected chi connectivity index (χ2v) is 7.86. The molecule has 1 aromatic carbocycles. The Kier molecular flexibility index (Phi) is 4.18. The highest BCUT2D eigenvalue weighted by atomic mass is 32.2. The fourth-order valence-electron chi connectivity index (χ4n) is 1.88. The van der Waals surface area contributed by atoms with Crippen LogP contribution in [0.4, 0.5) is 18.9 Å². The van der Waals surface area contributed by atoms with E-state index in [1.807, 2.05) is 5.38 Å². The lowest BCUT2D eigenvalue weighted by Gasteiger charge is -2.04. The van der Waals surface area contributed by atoms with Crippen LogP contribution in [0.15, 0.2) is 54.9 Å². The Hall–Kier alpha value is -2.20. The standard InChI is InChI=1S/C14H10F3N3O2S2/c1-24(21,20-10-6-7-23-8-10)11-4-2-9(3-5-11)12-18-13(22-19-12)14(15,16)17/h2-8H,1H3. The van der Waals surface area contributed by atoms with Gasteiger partial charge in [0.25, 0.3) is 0 Å². The summed E-state index contributed by atoms with van der Waals surface area (Å²) in [5, 5.41) is 6.90. The highest BCUT2D eigenvalue weighted by Crippen LogP contribution is 2.30. The predicted molar refractivity (Wildman–Crippen MR) is 83.5 cm³/mol. The van der Waals surface area contributed by atoms with Crippen LogP contribution >= 0.6 is 11.3 Å². The summed E-state index contributed by atoms with van der Waals surface area (Å²) in [4.78, 5) is 3.76. The van der Waals surface area contributed by atoms with E-state index in [0.717, 1.165) is 0 Å². The molecule has 1 unspecified atom stereocenters. The Bertz CT molecular complexity index is 954. The molecule has 0 saturated carbocycles. The van der Waals surface area contributed by atoms with E-state index >= 15 is 0 Å². The van der Waals surface area contributed by atoms with Gasteiger partial charge in [0.05, 0.1) is 15.4 Å². The van der Waals surface area contributed by atoms with Crippen LogP contribution < -0.4 is 0 Å². The predicted octanol–water partition coefficient (Wildman–Crippen LogP) is 4.61. The van der Waals surface area contributed by atoms with Gasteiger partial charge in [0.1, 0.15) is 0 Å². The molecule has 126 valence electrons. The van der Waals surface area contributed by atoms with Crippen molar-refractivity contribution >= 4 is 26.8 Å². The van der Waals surface area contributed by atoms with Crippen LogP contribution in [0.3, 0.4) is 0 Å². The smallest absolute Gasteiger partial charge is 0.329 e. The van der Waals surface area contributed by atoms with E-state index in [9.17, 15) is 17.4 Å². The van der Waals surface area contributed by atoms with Gasteiger partial charge in [-0.1, -0.05) is 5.16 Å². The number of hydrogen-bond acceptors (Lipinski definition) is 6. The summed E-state index contributed by atoms with van der Waals surface area (Å²) in [6.45, 7) is 0. The Morgan fingerprint density at radius 3 is 2.46 bits per heavy atom. The van der Waals surface area contributed by atoms with Crippen molar-refractivity contribution in [1.82, 2.24) is 10.1 Å². The molecular weight excluding hydrogens is 363 g/mol. The first-order chi connectivity index (χ1) is 11.3. The third-order valence-electron chi connectivity index (χ3n) is 3.00. The molecule has 10 heteroatoms. The fourth-order valence-corrected chi connectivity index (χ4v) is 3.77. The first kappa shape index (κ1) is 16.7. The number of alkyl halides is 3. The topological polar surface area (TPSA) is 68.3 Å². The van der Waals surface area contributed by atoms with Gasteiger partial charge in [-0.3, -0.25) is 0 Å². The van der Waals surface area contributed by atoms with Gasteiger partial charge in [0, 0.05) is 22.1 Å². The van der Waals surface area contributed by atoms with Crippen LogP contribution in [0.2, 0.25) is 0 Å². The zero-order chi connectivity index (χ0) is 17.4. The molecule has 0 N–H and O–H groups in total. The molecule has 0 bridgehead atoms. The molecule has 2 aromatic heterocycles. The van der Waals surface area contributed by atoms with E-state index in [4.69, 9.17) is 0 Å². The van der Waals surface area contributed by atoms with Crippen LogP contribution in [-0.2, 0) is 15.9 Å². The van der Waals surface area contributed by atoms with Crippen molar-refractivity contribution in [2.45, 2.75) is 11.1 Å². The third-order valence-corrected chi connectivity index (χ3v) is 5.38. The average Bonchev–Trinajstić information content (AvgIpc) is 3.17. The lowest BCUT2D eigenvalue weighted by Crippen LogP contribution is -2.04. The van der Waals surface area contributed by atoms with Crippen LogP contribution in [0.5, 0.6) is 0 Å². The molecular formula is C14H10F3N3O2S2. The number of halogens is 3. The number of aromatic nitrogens is 2. The van der Waals surface area contributed by atoms with E-state index < -0.39 is 21.8 Å². The van der Waals surface area contributed by atoms with Crippen molar-refractivity contribution < 1.29 is 21.9 Å². The van der Waals surface area contributed by atoms with E-state index in [-0.39, 0.29) is 5.82 Å². The van der Waals surface area contributed by atoms with Crippen molar-refractivity contribution in [1.29, 1.82) is 0 Å². The minimum absolute atomic E-state index is 0.189. The maximum absolute atomic E-state index is 12.7. The highest BCUT2D eigenvalue weighted by Gasteiger charge is 2.38. The average molecular weight is 373 g/mol. The number of thiophene rings is 1. The molecule has 1 atom stereocenters. The van der Waals surface area contributed by atoms with Gasteiger partial charge in [-0.05, 0) is 35.7 Å². The maximum atomic E-state index is 12.7. The van der Waals surface area contributed by atoms with Gasteiger partial charge in [0.2, 0.25) is 5.82 Å². The first-order valence-electron chi connectivity index (χ1n) is 6.51. The van der Waals surface area contributed by atoms with Crippen LogP contribution in [0.25, 0.3) is 11.4 Å². The Labute approximate surface area is 139 Å². The Morgan fingerprint density at radius 2 is 1.92 bits per heavy atom. The summed E-state index contributed by atoms with van der Waals surface area (Å²) in [5.41, 5.74) is 0.938. The van der Waals surface area contributed by atoms with Crippen LogP contribution in [0, 0.1) is 0 Å². The minimum Gasteiger partial charge on any atom is -0.329 e. The van der Waals surface area contributed by atoms with Crippen molar-refractivity contribution in [3.8, 4) is 11.4 Å². The highest BCUT2D eigenvalue weighted by molar-refractivity contribution is 7.93. The summed E-state index contributed by atoms with van der Waals surface area (Å²) in [6.07, 6.45) is -3.20. The van der Waals surface area contributed by atoms with Gasteiger partial charge in [0.15, 0.2) is 0 Å². The van der Waals surface area contributed by atoms with Gasteiger partial charge in [-0.15, -0.1) is 0 Å². The molecule has 2 heterocycles. The summed E-state index contributed by atoms with van der Waals surface area (Å²) >= 11 is 1.44. The van der Waals surface area contributed by atoms with Crippen LogP contribution in [-0.4, -0.2) is 20.6 Å². The summed E-state index contributed by atoms with van der Waals surface area (Å²) in [7, 11) is -2.66. The van der Waals surface area contributed by atoms with Crippen LogP contribution in [0.1, 0.15) is 5.89 Å². The molecule has 0 fully saturated rings. The molecule has 5 nitrogen and oxygen atoms in total.